The van der Waals surface area contributed by atoms with Crippen molar-refractivity contribution in [2.24, 2.45) is 0 Å². The minimum atomic E-state index is -0.660. The second kappa shape index (κ2) is 7.84. The molecular weight excluding hydrogens is 410 g/mol. The number of halogens is 1. The van der Waals surface area contributed by atoms with E-state index in [2.05, 4.69) is 0 Å². The van der Waals surface area contributed by atoms with Crippen LogP contribution in [0.4, 0.5) is 0 Å². The minimum absolute atomic E-state index is 0.00634. The molecule has 2 aromatic rings. The number of aryl methyl sites for hydroxylation is 1. The minimum Gasteiger partial charge on any atom is -0.507 e. The highest BCUT2D eigenvalue weighted by Crippen LogP contribution is 2.46. The number of aliphatic hydroxyl groups is 1. The number of hydrogen-bond acceptors (Lipinski definition) is 5. The number of aliphatic hydroxyl groups excluding tert-OH is 1. The standard InChI is InChI=1S/C22H22ClNO4S/c1-12-10-14(21(28-2)15(23)11-12)19(25)17-18(16-8-5-9-29-16)24(22(27)20(17)26)13-6-3-4-7-13/h5,8-11,13,18,25H,3-4,6-7H2,1-2H3/b19-17-. The molecule has 1 N–H and O–H groups in total. The Kier molecular flexibility index (Phi) is 5.40. The van der Waals surface area contributed by atoms with E-state index in [9.17, 15) is 14.7 Å². The molecule has 5 nitrogen and oxygen atoms in total. The summed E-state index contributed by atoms with van der Waals surface area (Å²) in [4.78, 5) is 28.6. The Morgan fingerprint density at radius 2 is 2.00 bits per heavy atom. The van der Waals surface area contributed by atoms with Gasteiger partial charge in [0.05, 0.1) is 29.3 Å². The van der Waals surface area contributed by atoms with Gasteiger partial charge in [0, 0.05) is 10.9 Å². The molecule has 152 valence electrons. The third kappa shape index (κ3) is 3.34. The Balaban J connectivity index is 1.93. The predicted octanol–water partition coefficient (Wildman–Crippen LogP) is 5.08. The van der Waals surface area contributed by atoms with E-state index in [0.717, 1.165) is 36.1 Å². The van der Waals surface area contributed by atoms with E-state index < -0.39 is 17.7 Å². The lowest BCUT2D eigenvalue weighted by molar-refractivity contribution is -0.141. The van der Waals surface area contributed by atoms with Gasteiger partial charge in [0.15, 0.2) is 0 Å². The van der Waals surface area contributed by atoms with Gasteiger partial charge in [-0.25, -0.2) is 0 Å². The van der Waals surface area contributed by atoms with Gasteiger partial charge in [0.2, 0.25) is 0 Å². The number of thiophene rings is 1. The maximum absolute atomic E-state index is 13.1. The molecule has 2 fully saturated rings. The van der Waals surface area contributed by atoms with Gasteiger partial charge in [0.25, 0.3) is 11.7 Å². The lowest BCUT2D eigenvalue weighted by atomic mass is 9.98. The summed E-state index contributed by atoms with van der Waals surface area (Å²) in [7, 11) is 1.46. The summed E-state index contributed by atoms with van der Waals surface area (Å²) in [5, 5.41) is 13.5. The van der Waals surface area contributed by atoms with Crippen molar-refractivity contribution in [1.29, 1.82) is 0 Å². The number of hydrogen-bond donors (Lipinski definition) is 1. The topological polar surface area (TPSA) is 66.8 Å². The maximum Gasteiger partial charge on any atom is 0.295 e. The van der Waals surface area contributed by atoms with Crippen molar-refractivity contribution in [3.63, 3.8) is 0 Å². The summed E-state index contributed by atoms with van der Waals surface area (Å²) in [5.41, 5.74) is 1.24. The Morgan fingerprint density at radius 1 is 1.28 bits per heavy atom. The number of Topliss-reactive ketones (excluding diaryl/α,β-unsaturated/α-hetero) is 1. The Bertz CT molecular complexity index is 992. The SMILES string of the molecule is COc1c(Cl)cc(C)cc1/C(O)=C1/C(=O)C(=O)N(C2CCCC2)C1c1cccs1. The molecule has 0 radical (unpaired) electrons. The highest BCUT2D eigenvalue weighted by atomic mass is 35.5. The zero-order chi connectivity index (χ0) is 20.7. The molecule has 1 unspecified atom stereocenters. The fraction of sp³-hybridized carbons (Fsp3) is 0.364. The molecule has 2 aliphatic rings. The van der Waals surface area contributed by atoms with Gasteiger partial charge in [0.1, 0.15) is 11.5 Å². The number of benzene rings is 1. The number of rotatable bonds is 4. The number of methoxy groups -OCH3 is 1. The molecule has 1 aliphatic carbocycles. The van der Waals surface area contributed by atoms with Crippen molar-refractivity contribution in [2.45, 2.75) is 44.7 Å². The van der Waals surface area contributed by atoms with Crippen LogP contribution < -0.4 is 4.74 Å². The lowest BCUT2D eigenvalue weighted by Crippen LogP contribution is -2.37. The predicted molar refractivity (Wildman–Crippen MR) is 113 cm³/mol. The van der Waals surface area contributed by atoms with Gasteiger partial charge in [-0.1, -0.05) is 30.5 Å². The van der Waals surface area contributed by atoms with Crippen molar-refractivity contribution >= 4 is 40.4 Å². The number of ether oxygens (including phenoxy) is 1. The molecule has 0 bridgehead atoms. The second-order valence-corrected chi connectivity index (χ2v) is 8.87. The summed E-state index contributed by atoms with van der Waals surface area (Å²) >= 11 is 7.77. The quantitative estimate of drug-likeness (QED) is 0.416. The van der Waals surface area contributed by atoms with Gasteiger partial charge in [-0.05, 0) is 48.9 Å². The van der Waals surface area contributed by atoms with Crippen LogP contribution in [0.2, 0.25) is 5.02 Å². The monoisotopic (exact) mass is 431 g/mol. The number of amides is 1. The van der Waals surface area contributed by atoms with Gasteiger partial charge < -0.3 is 14.7 Å². The van der Waals surface area contributed by atoms with E-state index in [1.807, 2.05) is 24.4 Å². The molecule has 1 aliphatic heterocycles. The van der Waals surface area contributed by atoms with Crippen molar-refractivity contribution in [1.82, 2.24) is 4.90 Å². The largest absolute Gasteiger partial charge is 0.507 e. The van der Waals surface area contributed by atoms with E-state index in [1.54, 1.807) is 17.0 Å². The number of nitrogens with zero attached hydrogens (tertiary/aromatic N) is 1. The Hall–Kier alpha value is -2.31. The maximum atomic E-state index is 13.1. The molecule has 4 rings (SSSR count). The van der Waals surface area contributed by atoms with E-state index in [-0.39, 0.29) is 23.1 Å². The Labute approximate surface area is 178 Å². The summed E-state index contributed by atoms with van der Waals surface area (Å²) in [6.07, 6.45) is 3.81. The van der Waals surface area contributed by atoms with Crippen LogP contribution in [0.1, 0.15) is 47.7 Å². The van der Waals surface area contributed by atoms with Crippen LogP contribution in [0, 0.1) is 6.92 Å². The molecule has 29 heavy (non-hydrogen) atoms. The molecular formula is C22H22ClNO4S. The van der Waals surface area contributed by atoms with Gasteiger partial charge in [-0.15, -0.1) is 11.3 Å². The average Bonchev–Trinajstić information content (AvgIpc) is 3.43. The summed E-state index contributed by atoms with van der Waals surface area (Å²) in [6.45, 7) is 1.84. The average molecular weight is 432 g/mol. The molecule has 1 atom stereocenters. The summed E-state index contributed by atoms with van der Waals surface area (Å²) in [6, 6.07) is 6.64. The molecule has 1 aromatic carbocycles. The summed E-state index contributed by atoms with van der Waals surface area (Å²) < 4.78 is 5.39. The zero-order valence-corrected chi connectivity index (χ0v) is 17.8. The molecule has 1 aromatic heterocycles. The van der Waals surface area contributed by atoms with Crippen molar-refractivity contribution in [3.8, 4) is 5.75 Å². The normalized spacial score (nSPS) is 21.9. The van der Waals surface area contributed by atoms with Gasteiger partial charge in [-0.3, -0.25) is 9.59 Å². The molecule has 2 heterocycles. The first kappa shape index (κ1) is 20.0. The second-order valence-electron chi connectivity index (χ2n) is 7.49. The zero-order valence-electron chi connectivity index (χ0n) is 16.3. The van der Waals surface area contributed by atoms with Crippen LogP contribution in [-0.2, 0) is 9.59 Å². The van der Waals surface area contributed by atoms with Crippen LogP contribution >= 0.6 is 22.9 Å². The van der Waals surface area contributed by atoms with Crippen LogP contribution in [0.5, 0.6) is 5.75 Å². The highest BCUT2D eigenvalue weighted by Gasteiger charge is 2.49. The molecule has 1 saturated carbocycles. The highest BCUT2D eigenvalue weighted by molar-refractivity contribution is 7.10. The van der Waals surface area contributed by atoms with E-state index in [0.29, 0.717) is 10.6 Å². The third-order valence-corrected chi connectivity index (χ3v) is 6.86. The smallest absolute Gasteiger partial charge is 0.295 e. The van der Waals surface area contributed by atoms with Gasteiger partial charge in [-0.2, -0.15) is 0 Å². The number of likely N-dealkylation sites (tertiary alicyclic amines) is 1. The van der Waals surface area contributed by atoms with Crippen LogP contribution in [0.25, 0.3) is 5.76 Å². The third-order valence-electron chi connectivity index (χ3n) is 5.66. The summed E-state index contributed by atoms with van der Waals surface area (Å²) in [5.74, 6) is -1.17. The first-order chi connectivity index (χ1) is 13.9. The first-order valence-corrected chi connectivity index (χ1v) is 10.9. The number of carbonyl (C=O) groups excluding carboxylic acids is 2. The molecule has 0 spiro atoms. The van der Waals surface area contributed by atoms with E-state index >= 15 is 0 Å². The van der Waals surface area contributed by atoms with Crippen LogP contribution in [0.3, 0.4) is 0 Å². The fourth-order valence-corrected chi connectivity index (χ4v) is 5.58. The van der Waals surface area contributed by atoms with Crippen LogP contribution in [0.15, 0.2) is 35.2 Å². The lowest BCUT2D eigenvalue weighted by Gasteiger charge is -2.29. The van der Waals surface area contributed by atoms with Gasteiger partial charge >= 0.3 is 0 Å². The van der Waals surface area contributed by atoms with E-state index in [1.165, 1.54) is 18.4 Å². The number of ketones is 1. The van der Waals surface area contributed by atoms with Crippen molar-refractivity contribution in [2.75, 3.05) is 7.11 Å². The molecule has 7 heteroatoms. The first-order valence-electron chi connectivity index (χ1n) is 9.62. The fourth-order valence-electron chi connectivity index (χ4n) is 4.39. The Morgan fingerprint density at radius 3 is 2.62 bits per heavy atom. The van der Waals surface area contributed by atoms with Crippen molar-refractivity contribution in [3.05, 3.63) is 56.2 Å². The van der Waals surface area contributed by atoms with Crippen molar-refractivity contribution < 1.29 is 19.4 Å². The molecule has 1 saturated heterocycles. The van der Waals surface area contributed by atoms with E-state index in [4.69, 9.17) is 16.3 Å². The number of carbonyl (C=O) groups is 2. The van der Waals surface area contributed by atoms with Crippen LogP contribution in [-0.4, -0.2) is 34.8 Å². The molecule has 1 amide bonds.